The van der Waals surface area contributed by atoms with Crippen molar-refractivity contribution < 1.29 is 49.0 Å². The molecule has 0 aliphatic heterocycles. The molecule has 3 heteroatoms. The van der Waals surface area contributed by atoms with Gasteiger partial charge >= 0.3 is 99.2 Å². The molecule has 0 spiro atoms. The van der Waals surface area contributed by atoms with Crippen LogP contribution in [-0.4, -0.2) is 3.21 Å². The van der Waals surface area contributed by atoms with Crippen LogP contribution in [0.5, 0.6) is 0 Å². The first-order valence-corrected chi connectivity index (χ1v) is 16.8. The summed E-state index contributed by atoms with van der Waals surface area (Å²) in [4.78, 5) is 0. The van der Waals surface area contributed by atoms with Gasteiger partial charge in [0.15, 0.2) is 0 Å². The first kappa shape index (κ1) is 38.7. The van der Waals surface area contributed by atoms with Gasteiger partial charge in [0.05, 0.1) is 0 Å². The summed E-state index contributed by atoms with van der Waals surface area (Å²) < 4.78 is 1.42. The van der Waals surface area contributed by atoms with Crippen LogP contribution in [0.1, 0.15) is 90.0 Å². The van der Waals surface area contributed by atoms with Gasteiger partial charge in [-0.25, -0.2) is 11.6 Å². The third kappa shape index (κ3) is 10.8. The van der Waals surface area contributed by atoms with Crippen LogP contribution in [0.2, 0.25) is 0 Å². The van der Waals surface area contributed by atoms with Crippen molar-refractivity contribution in [2.24, 2.45) is 0 Å². The second kappa shape index (κ2) is 17.5. The molecule has 0 radical (unpaired) electrons. The summed E-state index contributed by atoms with van der Waals surface area (Å²) in [5, 5.41) is 5.48. The van der Waals surface area contributed by atoms with Gasteiger partial charge in [-0.2, -0.15) is 6.08 Å². The molecule has 6 rings (SSSR count). The monoisotopic (exact) mass is 710 g/mol. The van der Waals surface area contributed by atoms with Crippen molar-refractivity contribution in [1.29, 1.82) is 0 Å². The summed E-state index contributed by atoms with van der Waals surface area (Å²) in [5.74, 6) is 0. The Bertz CT molecular complexity index is 1600. The number of hydrogen-bond donors (Lipinski definition) is 0. The fourth-order valence-electron chi connectivity index (χ4n) is 5.22. The first-order chi connectivity index (χ1) is 20.5. The van der Waals surface area contributed by atoms with Crippen molar-refractivity contribution in [3.8, 4) is 0 Å². The molecule has 0 fully saturated rings. The van der Waals surface area contributed by atoms with E-state index in [-0.39, 0.29) is 35.6 Å². The molecule has 0 saturated carbocycles. The van der Waals surface area contributed by atoms with Crippen LogP contribution < -0.4 is 24.8 Å². The SMILES string of the molecule is CC(C)(C)c1ccc2c(c1)[cH-]c1cc(C(C)(C)C)ccc12.CCCC1=[C-]CC=C1.[Cl-].[Cl-].[Zr+2]=[C](c1ccccc1)c1ccccc1. The molecule has 0 saturated heterocycles. The molecule has 5 aromatic carbocycles. The van der Waals surface area contributed by atoms with Gasteiger partial charge in [0, 0.05) is 0 Å². The van der Waals surface area contributed by atoms with Crippen LogP contribution in [0.3, 0.4) is 0 Å². The van der Waals surface area contributed by atoms with Crippen LogP contribution in [0.25, 0.3) is 21.5 Å². The van der Waals surface area contributed by atoms with Gasteiger partial charge in [0.2, 0.25) is 0 Å². The standard InChI is InChI=1S/C21H25.C13H10.C8H11.2ClH.Zr/c1-20(2,3)16-7-9-18-14(12-16)11-15-13-17(21(4,5)6)8-10-19(15)18;1-3-7-12(8-4-1)11-13-9-5-2-6-10-13;1-2-5-8-6-3-4-7-8;;;/h7-13H,1-6H3;1-10H;3,6H,2,4-5H2,1H3;2*1H;/q-1;;-1;;;+2/p-2. The summed E-state index contributed by atoms with van der Waals surface area (Å²) in [7, 11) is 0. The maximum atomic E-state index is 3.26. The van der Waals surface area contributed by atoms with E-state index < -0.39 is 0 Å². The summed E-state index contributed by atoms with van der Waals surface area (Å²) >= 11 is 1.46. The minimum absolute atomic E-state index is 0. The number of fused-ring (bicyclic) bond motifs is 3. The molecule has 0 aromatic heterocycles. The van der Waals surface area contributed by atoms with Crippen LogP contribution in [0, 0.1) is 6.08 Å². The average molecular weight is 713 g/mol. The molecule has 0 amide bonds. The predicted molar refractivity (Wildman–Crippen MR) is 186 cm³/mol. The molecular weight excluding hydrogens is 667 g/mol. The minimum atomic E-state index is 0. The Hall–Kier alpha value is -2.44. The number of halogens is 2. The Morgan fingerprint density at radius 2 is 1.13 bits per heavy atom. The van der Waals surface area contributed by atoms with Crippen molar-refractivity contribution in [2.75, 3.05) is 0 Å². The van der Waals surface area contributed by atoms with Gasteiger partial charge in [-0.1, -0.05) is 96.7 Å². The van der Waals surface area contributed by atoms with Crippen LogP contribution in [-0.2, 0) is 35.1 Å². The quantitative estimate of drug-likeness (QED) is 0.213. The van der Waals surface area contributed by atoms with Crippen molar-refractivity contribution in [3.05, 3.63) is 149 Å². The number of allylic oxidation sites excluding steroid dienone is 4. The van der Waals surface area contributed by atoms with E-state index in [4.69, 9.17) is 0 Å². The second-order valence-electron chi connectivity index (χ2n) is 13.4. The molecule has 0 nitrogen and oxygen atoms in total. The molecule has 1 aliphatic carbocycles. The zero-order valence-corrected chi connectivity index (χ0v) is 31.8. The van der Waals surface area contributed by atoms with E-state index in [2.05, 4.69) is 170 Å². The van der Waals surface area contributed by atoms with E-state index in [9.17, 15) is 0 Å². The number of benzene rings is 4. The van der Waals surface area contributed by atoms with Gasteiger partial charge < -0.3 is 24.8 Å². The molecule has 0 unspecified atom stereocenters. The molecular formula is C42H46Cl2Zr-2. The molecule has 45 heavy (non-hydrogen) atoms. The fraction of sp³-hybridized carbons (Fsp3) is 0.286. The second-order valence-corrected chi connectivity index (χ2v) is 14.6. The summed E-state index contributed by atoms with van der Waals surface area (Å²) in [6.45, 7) is 15.8. The van der Waals surface area contributed by atoms with Gasteiger partial charge in [-0.15, -0.1) is 46.2 Å². The van der Waals surface area contributed by atoms with Crippen LogP contribution >= 0.6 is 0 Å². The Morgan fingerprint density at radius 3 is 1.49 bits per heavy atom. The molecule has 0 heterocycles. The Labute approximate surface area is 299 Å². The zero-order chi connectivity index (χ0) is 31.0. The van der Waals surface area contributed by atoms with Crippen molar-refractivity contribution in [1.82, 2.24) is 0 Å². The normalized spacial score (nSPS) is 12.2. The Morgan fingerprint density at radius 1 is 0.689 bits per heavy atom. The van der Waals surface area contributed by atoms with E-state index in [1.165, 1.54) is 89.7 Å². The third-order valence-corrected chi connectivity index (χ3v) is 9.27. The summed E-state index contributed by atoms with van der Waals surface area (Å²) in [6, 6.07) is 37.3. The van der Waals surface area contributed by atoms with E-state index >= 15 is 0 Å². The molecule has 0 N–H and O–H groups in total. The third-order valence-electron chi connectivity index (χ3n) is 7.85. The molecule has 0 atom stereocenters. The molecule has 1 aliphatic rings. The topological polar surface area (TPSA) is 0 Å². The zero-order valence-electron chi connectivity index (χ0n) is 27.8. The number of hydrogen-bond acceptors (Lipinski definition) is 0. The van der Waals surface area contributed by atoms with Gasteiger partial charge in [0.1, 0.15) is 0 Å². The van der Waals surface area contributed by atoms with Gasteiger partial charge in [0.25, 0.3) is 0 Å². The fourth-order valence-corrected chi connectivity index (χ4v) is 6.04. The van der Waals surface area contributed by atoms with E-state index in [0.29, 0.717) is 0 Å². The first-order valence-electron chi connectivity index (χ1n) is 15.6. The maximum absolute atomic E-state index is 3.26. The van der Waals surface area contributed by atoms with Crippen molar-refractivity contribution in [3.63, 3.8) is 0 Å². The van der Waals surface area contributed by atoms with Crippen molar-refractivity contribution in [2.45, 2.75) is 78.6 Å². The average Bonchev–Trinajstić information content (AvgIpc) is 3.64. The predicted octanol–water partition coefficient (Wildman–Crippen LogP) is 5.59. The van der Waals surface area contributed by atoms with Crippen LogP contribution in [0.4, 0.5) is 0 Å². The number of rotatable bonds is 4. The molecule has 0 bridgehead atoms. The van der Waals surface area contributed by atoms with Gasteiger partial charge in [-0.05, 0) is 10.8 Å². The summed E-state index contributed by atoms with van der Waals surface area (Å²) in [6.07, 6.45) is 11.1. The molecule has 5 aromatic rings. The van der Waals surface area contributed by atoms with E-state index in [1.807, 2.05) is 0 Å². The Kier molecular flexibility index (Phi) is 15.0. The van der Waals surface area contributed by atoms with Crippen LogP contribution in [0.15, 0.2) is 121 Å². The summed E-state index contributed by atoms with van der Waals surface area (Å²) in [5.41, 5.74) is 7.27. The van der Waals surface area contributed by atoms with E-state index in [0.717, 1.165) is 6.42 Å². The molecule has 234 valence electrons. The van der Waals surface area contributed by atoms with Crippen molar-refractivity contribution >= 4 is 24.8 Å². The van der Waals surface area contributed by atoms with Gasteiger partial charge in [-0.3, -0.25) is 6.08 Å². The van der Waals surface area contributed by atoms with E-state index in [1.54, 1.807) is 0 Å². The Balaban J connectivity index is 0.000000254.